The number of guanidine groups is 1. The molecule has 0 bridgehead atoms. The SMILES string of the molecule is CCNC(=NCC(c1ccccc1)N1CCCC1)NCCCC(=O)NC1CC1. The van der Waals surface area contributed by atoms with Gasteiger partial charge in [-0.1, -0.05) is 30.3 Å². The number of rotatable bonds is 10. The lowest BCUT2D eigenvalue weighted by Crippen LogP contribution is -2.39. The van der Waals surface area contributed by atoms with Crippen LogP contribution in [0.15, 0.2) is 35.3 Å². The summed E-state index contributed by atoms with van der Waals surface area (Å²) in [6, 6.07) is 11.5. The van der Waals surface area contributed by atoms with Crippen molar-refractivity contribution in [2.24, 2.45) is 4.99 Å². The molecule has 0 radical (unpaired) electrons. The van der Waals surface area contributed by atoms with E-state index in [0.29, 0.717) is 18.5 Å². The number of hydrogen-bond acceptors (Lipinski definition) is 3. The van der Waals surface area contributed by atoms with Gasteiger partial charge in [-0.25, -0.2) is 0 Å². The molecule has 28 heavy (non-hydrogen) atoms. The molecule has 1 aliphatic heterocycles. The van der Waals surface area contributed by atoms with Crippen molar-refractivity contribution in [2.75, 3.05) is 32.7 Å². The molecule has 1 amide bonds. The Morgan fingerprint density at radius 1 is 1.18 bits per heavy atom. The Morgan fingerprint density at radius 2 is 1.93 bits per heavy atom. The number of nitrogens with zero attached hydrogens (tertiary/aromatic N) is 2. The lowest BCUT2D eigenvalue weighted by Gasteiger charge is -2.27. The largest absolute Gasteiger partial charge is 0.357 e. The minimum Gasteiger partial charge on any atom is -0.357 e. The van der Waals surface area contributed by atoms with E-state index >= 15 is 0 Å². The summed E-state index contributed by atoms with van der Waals surface area (Å²) in [4.78, 5) is 19.2. The van der Waals surface area contributed by atoms with Gasteiger partial charge in [0.1, 0.15) is 0 Å². The van der Waals surface area contributed by atoms with Gasteiger partial charge < -0.3 is 16.0 Å². The smallest absolute Gasteiger partial charge is 0.220 e. The van der Waals surface area contributed by atoms with Crippen molar-refractivity contribution in [1.29, 1.82) is 0 Å². The van der Waals surface area contributed by atoms with E-state index in [1.807, 2.05) is 0 Å². The molecule has 1 aromatic carbocycles. The summed E-state index contributed by atoms with van der Waals surface area (Å²) in [6.45, 7) is 6.69. The van der Waals surface area contributed by atoms with Crippen molar-refractivity contribution in [3.8, 4) is 0 Å². The number of amides is 1. The topological polar surface area (TPSA) is 68.8 Å². The van der Waals surface area contributed by atoms with E-state index in [2.05, 4.69) is 58.1 Å². The first-order valence-corrected chi connectivity index (χ1v) is 10.9. The highest BCUT2D eigenvalue weighted by Crippen LogP contribution is 2.25. The van der Waals surface area contributed by atoms with Crippen LogP contribution in [0.3, 0.4) is 0 Å². The van der Waals surface area contributed by atoms with Crippen LogP contribution in [0.1, 0.15) is 57.1 Å². The molecule has 154 valence electrons. The molecule has 1 unspecified atom stereocenters. The third-order valence-corrected chi connectivity index (χ3v) is 5.35. The fraction of sp³-hybridized carbons (Fsp3) is 0.636. The predicted octanol–water partition coefficient (Wildman–Crippen LogP) is 2.44. The van der Waals surface area contributed by atoms with Crippen LogP contribution in [-0.2, 0) is 4.79 Å². The number of benzene rings is 1. The van der Waals surface area contributed by atoms with Gasteiger partial charge in [0.2, 0.25) is 5.91 Å². The highest BCUT2D eigenvalue weighted by Gasteiger charge is 2.24. The second-order valence-corrected chi connectivity index (χ2v) is 7.76. The summed E-state index contributed by atoms with van der Waals surface area (Å²) in [5.41, 5.74) is 1.33. The van der Waals surface area contributed by atoms with Crippen molar-refractivity contribution in [3.63, 3.8) is 0 Å². The molecule has 3 N–H and O–H groups in total. The van der Waals surface area contributed by atoms with Crippen LogP contribution >= 0.6 is 0 Å². The third-order valence-electron chi connectivity index (χ3n) is 5.35. The van der Waals surface area contributed by atoms with E-state index in [0.717, 1.165) is 57.9 Å². The van der Waals surface area contributed by atoms with Gasteiger partial charge in [-0.3, -0.25) is 14.7 Å². The number of carbonyl (C=O) groups excluding carboxylic acids is 1. The molecule has 1 saturated carbocycles. The average Bonchev–Trinajstić information content (AvgIpc) is 3.35. The summed E-state index contributed by atoms with van der Waals surface area (Å²) >= 11 is 0. The molecule has 1 heterocycles. The highest BCUT2D eigenvalue weighted by atomic mass is 16.1. The molecular weight excluding hydrogens is 350 g/mol. The number of carbonyl (C=O) groups is 1. The van der Waals surface area contributed by atoms with Gasteiger partial charge in [-0.15, -0.1) is 0 Å². The number of nitrogens with one attached hydrogen (secondary N) is 3. The number of likely N-dealkylation sites (tertiary alicyclic amines) is 1. The summed E-state index contributed by atoms with van der Waals surface area (Å²) in [6.07, 6.45) is 6.21. The van der Waals surface area contributed by atoms with Gasteiger partial charge in [-0.2, -0.15) is 0 Å². The first-order valence-electron chi connectivity index (χ1n) is 10.9. The zero-order valence-electron chi connectivity index (χ0n) is 17.1. The van der Waals surface area contributed by atoms with Crippen molar-refractivity contribution < 1.29 is 4.79 Å². The van der Waals surface area contributed by atoms with Gasteiger partial charge in [-0.05, 0) is 57.7 Å². The van der Waals surface area contributed by atoms with E-state index in [1.54, 1.807) is 0 Å². The van der Waals surface area contributed by atoms with Crippen LogP contribution in [0.25, 0.3) is 0 Å². The summed E-state index contributed by atoms with van der Waals surface area (Å²) in [5, 5.41) is 9.75. The molecule has 2 fully saturated rings. The molecule has 2 aliphatic rings. The van der Waals surface area contributed by atoms with Crippen LogP contribution in [0.5, 0.6) is 0 Å². The Bertz CT molecular complexity index is 623. The summed E-state index contributed by atoms with van der Waals surface area (Å²) in [5.74, 6) is 1.01. The molecule has 3 rings (SSSR count). The average molecular weight is 386 g/mol. The third kappa shape index (κ3) is 6.82. The lowest BCUT2D eigenvalue weighted by molar-refractivity contribution is -0.121. The second kappa shape index (κ2) is 11.1. The Morgan fingerprint density at radius 3 is 2.61 bits per heavy atom. The molecule has 1 saturated heterocycles. The van der Waals surface area contributed by atoms with Crippen molar-refractivity contribution in [2.45, 2.75) is 57.5 Å². The number of aliphatic imine (C=N–C) groups is 1. The fourth-order valence-corrected chi connectivity index (χ4v) is 3.66. The van der Waals surface area contributed by atoms with Crippen LogP contribution < -0.4 is 16.0 Å². The molecular formula is C22H35N5O. The Hall–Kier alpha value is -2.08. The van der Waals surface area contributed by atoms with Crippen LogP contribution in [0, 0.1) is 0 Å². The Kier molecular flexibility index (Phi) is 8.15. The summed E-state index contributed by atoms with van der Waals surface area (Å²) in [7, 11) is 0. The van der Waals surface area contributed by atoms with Crippen molar-refractivity contribution in [3.05, 3.63) is 35.9 Å². The van der Waals surface area contributed by atoms with Gasteiger partial charge >= 0.3 is 0 Å². The molecule has 1 aliphatic carbocycles. The van der Waals surface area contributed by atoms with E-state index in [1.165, 1.54) is 18.4 Å². The van der Waals surface area contributed by atoms with Crippen LogP contribution in [-0.4, -0.2) is 55.5 Å². The lowest BCUT2D eigenvalue weighted by atomic mass is 10.1. The van der Waals surface area contributed by atoms with Gasteiger partial charge in [0.25, 0.3) is 0 Å². The van der Waals surface area contributed by atoms with E-state index in [9.17, 15) is 4.79 Å². The van der Waals surface area contributed by atoms with Gasteiger partial charge in [0.15, 0.2) is 5.96 Å². The minimum atomic E-state index is 0.171. The summed E-state index contributed by atoms with van der Waals surface area (Å²) < 4.78 is 0. The van der Waals surface area contributed by atoms with Crippen molar-refractivity contribution in [1.82, 2.24) is 20.9 Å². The molecule has 1 aromatic rings. The van der Waals surface area contributed by atoms with Crippen LogP contribution in [0.2, 0.25) is 0 Å². The molecule has 0 spiro atoms. The van der Waals surface area contributed by atoms with E-state index in [4.69, 9.17) is 4.99 Å². The zero-order valence-corrected chi connectivity index (χ0v) is 17.1. The predicted molar refractivity (Wildman–Crippen MR) is 114 cm³/mol. The van der Waals surface area contributed by atoms with Crippen LogP contribution in [0.4, 0.5) is 0 Å². The highest BCUT2D eigenvalue weighted by molar-refractivity contribution is 5.80. The maximum absolute atomic E-state index is 11.8. The first-order chi connectivity index (χ1) is 13.8. The molecule has 6 nitrogen and oxygen atoms in total. The molecule has 1 atom stereocenters. The zero-order chi connectivity index (χ0) is 19.6. The molecule has 6 heteroatoms. The maximum atomic E-state index is 11.8. The van der Waals surface area contributed by atoms with Gasteiger partial charge in [0, 0.05) is 25.6 Å². The van der Waals surface area contributed by atoms with Crippen molar-refractivity contribution >= 4 is 11.9 Å². The number of hydrogen-bond donors (Lipinski definition) is 3. The van der Waals surface area contributed by atoms with Gasteiger partial charge in [0.05, 0.1) is 12.6 Å². The Labute approximate surface area is 169 Å². The standard InChI is InChI=1S/C22H35N5O/c1-2-23-22(24-14-8-11-21(28)26-19-12-13-19)25-17-20(27-15-6-7-16-27)18-9-4-3-5-10-18/h3-5,9-10,19-20H,2,6-8,11-17H2,1H3,(H,26,28)(H2,23,24,25). The monoisotopic (exact) mass is 385 g/mol. The second-order valence-electron chi connectivity index (χ2n) is 7.76. The minimum absolute atomic E-state index is 0.171. The quantitative estimate of drug-likeness (QED) is 0.329. The molecule has 0 aromatic heterocycles. The van der Waals surface area contributed by atoms with E-state index in [-0.39, 0.29) is 5.91 Å². The maximum Gasteiger partial charge on any atom is 0.220 e. The fourth-order valence-electron chi connectivity index (χ4n) is 3.66. The first kappa shape index (κ1) is 20.6. The van der Waals surface area contributed by atoms with E-state index < -0.39 is 0 Å². The Balaban J connectivity index is 1.51. The normalized spacial score (nSPS) is 18.7.